The fourth-order valence-corrected chi connectivity index (χ4v) is 2.90. The number of piperidine rings is 1. The van der Waals surface area contributed by atoms with Gasteiger partial charge < -0.3 is 4.90 Å². The molecule has 1 unspecified atom stereocenters. The summed E-state index contributed by atoms with van der Waals surface area (Å²) >= 11 is 0. The molecular formula is C15H24N4O. The number of rotatable bonds is 4. The summed E-state index contributed by atoms with van der Waals surface area (Å²) in [5, 5.41) is 0. The molecule has 0 spiro atoms. The van der Waals surface area contributed by atoms with Crippen LogP contribution >= 0.6 is 0 Å². The molecule has 110 valence electrons. The maximum Gasteiger partial charge on any atom is 0.255 e. The van der Waals surface area contributed by atoms with Crippen LogP contribution in [0.5, 0.6) is 0 Å². The zero-order valence-electron chi connectivity index (χ0n) is 12.2. The van der Waals surface area contributed by atoms with Crippen molar-refractivity contribution in [3.05, 3.63) is 35.9 Å². The number of carbonyl (C=O) groups is 1. The number of nitrogens with one attached hydrogen (secondary N) is 1. The number of amides is 1. The highest BCUT2D eigenvalue weighted by Gasteiger charge is 2.31. The van der Waals surface area contributed by atoms with E-state index in [0.29, 0.717) is 6.04 Å². The quantitative estimate of drug-likeness (QED) is 0.484. The number of hydrazine groups is 1. The molecule has 1 atom stereocenters. The number of nitrogens with two attached hydrogens (primary N) is 1. The van der Waals surface area contributed by atoms with Gasteiger partial charge in [-0.2, -0.15) is 0 Å². The van der Waals surface area contributed by atoms with Crippen molar-refractivity contribution in [2.75, 3.05) is 27.2 Å². The summed E-state index contributed by atoms with van der Waals surface area (Å²) in [4.78, 5) is 16.6. The average Bonchev–Trinajstić information content (AvgIpc) is 2.49. The van der Waals surface area contributed by atoms with E-state index in [2.05, 4.69) is 29.3 Å². The smallest absolute Gasteiger partial charge is 0.255 e. The van der Waals surface area contributed by atoms with Crippen molar-refractivity contribution in [3.8, 4) is 0 Å². The molecule has 5 heteroatoms. The van der Waals surface area contributed by atoms with E-state index in [9.17, 15) is 4.79 Å². The van der Waals surface area contributed by atoms with Gasteiger partial charge in [0.05, 0.1) is 0 Å². The molecule has 0 radical (unpaired) electrons. The van der Waals surface area contributed by atoms with Crippen LogP contribution in [0.4, 0.5) is 0 Å². The molecule has 1 amide bonds. The molecule has 1 aliphatic heterocycles. The fourth-order valence-electron chi connectivity index (χ4n) is 2.90. The van der Waals surface area contributed by atoms with Gasteiger partial charge in [0, 0.05) is 19.1 Å². The Morgan fingerprint density at radius 1 is 1.30 bits per heavy atom. The molecular weight excluding hydrogens is 252 g/mol. The van der Waals surface area contributed by atoms with E-state index in [4.69, 9.17) is 5.84 Å². The Morgan fingerprint density at radius 2 is 1.90 bits per heavy atom. The second kappa shape index (κ2) is 6.83. The summed E-state index contributed by atoms with van der Waals surface area (Å²) in [6.07, 6.45) is 2.16. The number of nitrogens with zero attached hydrogens (tertiary/aromatic N) is 2. The van der Waals surface area contributed by atoms with Gasteiger partial charge in [0.1, 0.15) is 6.04 Å². The van der Waals surface area contributed by atoms with Crippen molar-refractivity contribution < 1.29 is 4.79 Å². The van der Waals surface area contributed by atoms with Gasteiger partial charge in [0.15, 0.2) is 0 Å². The summed E-state index contributed by atoms with van der Waals surface area (Å²) in [5.74, 6) is 5.22. The second-order valence-electron chi connectivity index (χ2n) is 5.55. The largest absolute Gasteiger partial charge is 0.306 e. The molecule has 0 aliphatic carbocycles. The van der Waals surface area contributed by atoms with Gasteiger partial charge in [0.2, 0.25) is 0 Å². The van der Waals surface area contributed by atoms with Gasteiger partial charge in [-0.05, 0) is 32.5 Å². The highest BCUT2D eigenvalue weighted by molar-refractivity contribution is 5.82. The minimum atomic E-state index is -0.288. The summed E-state index contributed by atoms with van der Waals surface area (Å²) in [6, 6.07) is 10.2. The van der Waals surface area contributed by atoms with Gasteiger partial charge in [-0.25, -0.2) is 5.84 Å². The first-order valence-electron chi connectivity index (χ1n) is 7.09. The van der Waals surface area contributed by atoms with Crippen molar-refractivity contribution >= 4 is 5.91 Å². The minimum Gasteiger partial charge on any atom is -0.306 e. The lowest BCUT2D eigenvalue weighted by molar-refractivity contribution is -0.127. The van der Waals surface area contributed by atoms with Crippen LogP contribution in [0.3, 0.4) is 0 Å². The molecule has 1 aromatic carbocycles. The van der Waals surface area contributed by atoms with Gasteiger partial charge in [-0.1, -0.05) is 30.3 Å². The topological polar surface area (TPSA) is 61.6 Å². The lowest BCUT2D eigenvalue weighted by Crippen LogP contribution is -2.48. The fraction of sp³-hybridized carbons (Fsp3) is 0.533. The standard InChI is InChI=1S/C15H24N4O/c1-18(2)13-8-10-19(11-9-13)14(15(20)17-16)12-6-4-3-5-7-12/h3-7,13-14H,8-11,16H2,1-2H3,(H,17,20). The number of carbonyl (C=O) groups excluding carboxylic acids is 1. The molecule has 1 saturated heterocycles. The molecule has 20 heavy (non-hydrogen) atoms. The molecule has 1 fully saturated rings. The molecule has 0 saturated carbocycles. The number of hydrogen-bond acceptors (Lipinski definition) is 4. The third kappa shape index (κ3) is 3.36. The van der Waals surface area contributed by atoms with Gasteiger partial charge >= 0.3 is 0 Å². The lowest BCUT2D eigenvalue weighted by atomic mass is 9.98. The first kappa shape index (κ1) is 15.0. The first-order valence-corrected chi connectivity index (χ1v) is 7.09. The number of benzene rings is 1. The van der Waals surface area contributed by atoms with E-state index in [1.165, 1.54) is 0 Å². The summed E-state index contributed by atoms with van der Waals surface area (Å²) < 4.78 is 0. The van der Waals surface area contributed by atoms with E-state index in [1.54, 1.807) is 0 Å². The van der Waals surface area contributed by atoms with E-state index < -0.39 is 0 Å². The maximum absolute atomic E-state index is 12.1. The zero-order valence-corrected chi connectivity index (χ0v) is 12.2. The highest BCUT2D eigenvalue weighted by atomic mass is 16.2. The summed E-state index contributed by atoms with van der Waals surface area (Å²) in [5.41, 5.74) is 3.30. The molecule has 3 N–H and O–H groups in total. The van der Waals surface area contributed by atoms with Crippen LogP contribution in [-0.2, 0) is 4.79 Å². The van der Waals surface area contributed by atoms with Gasteiger partial charge in [-0.3, -0.25) is 15.1 Å². The van der Waals surface area contributed by atoms with Crippen LogP contribution < -0.4 is 11.3 Å². The predicted octanol–water partition coefficient (Wildman–Crippen LogP) is 0.744. The van der Waals surface area contributed by atoms with Crippen LogP contribution in [0.15, 0.2) is 30.3 Å². The molecule has 1 aromatic rings. The molecule has 2 rings (SSSR count). The van der Waals surface area contributed by atoms with E-state index in [-0.39, 0.29) is 11.9 Å². The third-order valence-electron chi connectivity index (χ3n) is 4.10. The van der Waals surface area contributed by atoms with Crippen LogP contribution in [0.25, 0.3) is 0 Å². The molecule has 0 aromatic heterocycles. The molecule has 5 nitrogen and oxygen atoms in total. The second-order valence-corrected chi connectivity index (χ2v) is 5.55. The first-order chi connectivity index (χ1) is 9.63. The van der Waals surface area contributed by atoms with Crippen molar-refractivity contribution in [2.45, 2.75) is 24.9 Å². The van der Waals surface area contributed by atoms with Gasteiger partial charge in [0.25, 0.3) is 5.91 Å². The Labute approximate surface area is 120 Å². The van der Waals surface area contributed by atoms with Crippen LogP contribution in [0, 0.1) is 0 Å². The van der Waals surface area contributed by atoms with Crippen LogP contribution in [0.1, 0.15) is 24.4 Å². The Bertz CT molecular complexity index is 427. The Balaban J connectivity index is 2.11. The normalized spacial score (nSPS) is 19.0. The van der Waals surface area contributed by atoms with E-state index in [0.717, 1.165) is 31.5 Å². The van der Waals surface area contributed by atoms with E-state index >= 15 is 0 Å². The van der Waals surface area contributed by atoms with E-state index in [1.807, 2.05) is 30.3 Å². The van der Waals surface area contributed by atoms with Crippen LogP contribution in [0.2, 0.25) is 0 Å². The monoisotopic (exact) mass is 276 g/mol. The van der Waals surface area contributed by atoms with Crippen molar-refractivity contribution in [1.29, 1.82) is 0 Å². The summed E-state index contributed by atoms with van der Waals surface area (Å²) in [7, 11) is 4.23. The maximum atomic E-state index is 12.1. The Morgan fingerprint density at radius 3 is 2.40 bits per heavy atom. The lowest BCUT2D eigenvalue weighted by Gasteiger charge is -2.38. The molecule has 1 aliphatic rings. The number of hydrogen-bond donors (Lipinski definition) is 2. The number of likely N-dealkylation sites (tertiary alicyclic amines) is 1. The van der Waals surface area contributed by atoms with Crippen LogP contribution in [-0.4, -0.2) is 48.9 Å². The van der Waals surface area contributed by atoms with Crippen molar-refractivity contribution in [1.82, 2.24) is 15.2 Å². The average molecular weight is 276 g/mol. The third-order valence-corrected chi connectivity index (χ3v) is 4.10. The highest BCUT2D eigenvalue weighted by Crippen LogP contribution is 2.25. The SMILES string of the molecule is CN(C)C1CCN(C(C(=O)NN)c2ccccc2)CC1. The summed E-state index contributed by atoms with van der Waals surface area (Å²) in [6.45, 7) is 1.83. The molecule has 0 bridgehead atoms. The molecule has 1 heterocycles. The zero-order chi connectivity index (χ0) is 14.5. The predicted molar refractivity (Wildman–Crippen MR) is 79.8 cm³/mol. The van der Waals surface area contributed by atoms with Crippen molar-refractivity contribution in [2.24, 2.45) is 5.84 Å². The van der Waals surface area contributed by atoms with Gasteiger partial charge in [-0.15, -0.1) is 0 Å². The Kier molecular flexibility index (Phi) is 5.11. The van der Waals surface area contributed by atoms with Crippen molar-refractivity contribution in [3.63, 3.8) is 0 Å². The minimum absolute atomic E-state index is 0.139. The Hall–Kier alpha value is -1.43.